The summed E-state index contributed by atoms with van der Waals surface area (Å²) in [5.74, 6) is 0.708. The summed E-state index contributed by atoms with van der Waals surface area (Å²) in [6.07, 6.45) is 0. The normalized spacial score (nSPS) is 10.7. The van der Waals surface area contributed by atoms with E-state index in [0.717, 1.165) is 0 Å². The Hall–Kier alpha value is -3.22. The lowest BCUT2D eigenvalue weighted by Gasteiger charge is -2.02. The lowest BCUT2D eigenvalue weighted by atomic mass is 10.1. The van der Waals surface area contributed by atoms with Crippen LogP contribution in [0.5, 0.6) is 0 Å². The molecule has 0 saturated carbocycles. The molecule has 3 aromatic rings. The largest absolute Gasteiger partial charge is 0.416 e. The highest BCUT2D eigenvalue weighted by atomic mass is 16.4. The number of nitrogen functional groups attached to an aromatic ring is 4. The van der Waals surface area contributed by atoms with Crippen LogP contribution in [-0.4, -0.2) is 10.2 Å². The smallest absolute Gasteiger partial charge is 0.248 e. The van der Waals surface area contributed by atoms with Crippen molar-refractivity contribution < 1.29 is 4.42 Å². The number of hydrogen-bond acceptors (Lipinski definition) is 7. The minimum absolute atomic E-state index is 0.354. The first-order chi connectivity index (χ1) is 10.0. The predicted molar refractivity (Wildman–Crippen MR) is 82.8 cm³/mol. The number of nitrogens with zero attached hydrogens (tertiary/aromatic N) is 2. The Morgan fingerprint density at radius 3 is 1.43 bits per heavy atom. The van der Waals surface area contributed by atoms with Crippen LogP contribution in [0.25, 0.3) is 22.9 Å². The average molecular weight is 282 g/mol. The van der Waals surface area contributed by atoms with Crippen LogP contribution in [0.1, 0.15) is 0 Å². The number of anilines is 4. The van der Waals surface area contributed by atoms with E-state index in [-0.39, 0.29) is 0 Å². The highest BCUT2D eigenvalue weighted by Gasteiger charge is 2.12. The fraction of sp³-hybridized carbons (Fsp3) is 0. The fourth-order valence-electron chi connectivity index (χ4n) is 1.87. The average Bonchev–Trinajstić information content (AvgIpc) is 2.94. The van der Waals surface area contributed by atoms with E-state index in [9.17, 15) is 0 Å². The molecule has 0 aliphatic carbocycles. The van der Waals surface area contributed by atoms with Gasteiger partial charge < -0.3 is 27.4 Å². The van der Waals surface area contributed by atoms with Gasteiger partial charge in [0, 0.05) is 11.1 Å². The molecule has 0 atom stereocenters. The third kappa shape index (κ3) is 2.32. The molecule has 0 aliphatic heterocycles. The van der Waals surface area contributed by atoms with Crippen molar-refractivity contribution in [3.05, 3.63) is 36.4 Å². The molecule has 2 aromatic carbocycles. The molecule has 0 aliphatic rings. The van der Waals surface area contributed by atoms with Crippen molar-refractivity contribution in [1.82, 2.24) is 10.2 Å². The van der Waals surface area contributed by atoms with E-state index in [1.54, 1.807) is 36.4 Å². The van der Waals surface area contributed by atoms with Crippen molar-refractivity contribution >= 4 is 22.7 Å². The molecule has 7 heteroatoms. The van der Waals surface area contributed by atoms with Crippen LogP contribution in [0, 0.1) is 0 Å². The summed E-state index contributed by atoms with van der Waals surface area (Å²) in [5, 5.41) is 8.00. The molecule has 1 aromatic heterocycles. The fourth-order valence-corrected chi connectivity index (χ4v) is 1.87. The van der Waals surface area contributed by atoms with Gasteiger partial charge in [0.15, 0.2) is 0 Å². The maximum absolute atomic E-state index is 5.77. The van der Waals surface area contributed by atoms with E-state index in [1.807, 2.05) is 0 Å². The topological polar surface area (TPSA) is 143 Å². The molecule has 0 unspecified atom stereocenters. The van der Waals surface area contributed by atoms with Crippen LogP contribution < -0.4 is 22.9 Å². The quantitative estimate of drug-likeness (QED) is 0.524. The van der Waals surface area contributed by atoms with Gasteiger partial charge in [-0.2, -0.15) is 0 Å². The summed E-state index contributed by atoms with van der Waals surface area (Å²) in [6, 6.07) is 10.3. The summed E-state index contributed by atoms with van der Waals surface area (Å²) in [4.78, 5) is 0. The van der Waals surface area contributed by atoms with Crippen molar-refractivity contribution in [2.75, 3.05) is 22.9 Å². The number of nitrogens with two attached hydrogens (primary N) is 4. The minimum Gasteiger partial charge on any atom is -0.416 e. The first-order valence-electron chi connectivity index (χ1n) is 6.19. The molecular weight excluding hydrogens is 268 g/mol. The van der Waals surface area contributed by atoms with E-state index in [0.29, 0.717) is 45.7 Å². The third-order valence-electron chi connectivity index (χ3n) is 3.09. The van der Waals surface area contributed by atoms with Crippen molar-refractivity contribution in [3.63, 3.8) is 0 Å². The van der Waals surface area contributed by atoms with Gasteiger partial charge in [0.2, 0.25) is 11.8 Å². The number of rotatable bonds is 2. The zero-order valence-corrected chi connectivity index (χ0v) is 11.1. The van der Waals surface area contributed by atoms with Gasteiger partial charge in [-0.15, -0.1) is 10.2 Å². The second-order valence-electron chi connectivity index (χ2n) is 4.60. The van der Waals surface area contributed by atoms with Crippen LogP contribution in [0.3, 0.4) is 0 Å². The summed E-state index contributed by atoms with van der Waals surface area (Å²) in [5.41, 5.74) is 26.2. The van der Waals surface area contributed by atoms with Gasteiger partial charge in [-0.05, 0) is 36.4 Å². The summed E-state index contributed by atoms with van der Waals surface area (Å²) in [6.45, 7) is 0. The van der Waals surface area contributed by atoms with Gasteiger partial charge in [0.1, 0.15) is 0 Å². The molecule has 0 fully saturated rings. The molecule has 8 N–H and O–H groups in total. The Morgan fingerprint density at radius 2 is 1.05 bits per heavy atom. The summed E-state index contributed by atoms with van der Waals surface area (Å²) in [7, 11) is 0. The Labute approximate surface area is 120 Å². The Balaban J connectivity index is 1.99. The van der Waals surface area contributed by atoms with E-state index >= 15 is 0 Å². The molecule has 106 valence electrons. The Kier molecular flexibility index (Phi) is 2.87. The molecular formula is C14H14N6O. The predicted octanol–water partition coefficient (Wildman–Crippen LogP) is 1.73. The zero-order chi connectivity index (χ0) is 15.0. The van der Waals surface area contributed by atoms with Crippen molar-refractivity contribution in [2.45, 2.75) is 0 Å². The highest BCUT2D eigenvalue weighted by Crippen LogP contribution is 2.29. The van der Waals surface area contributed by atoms with Crippen molar-refractivity contribution in [3.8, 4) is 22.9 Å². The standard InChI is InChI=1S/C14H14N6O/c15-9-3-1-7(5-11(9)17)13-19-20-14(21-13)8-2-4-10(16)12(18)6-8/h1-6H,15-18H2. The van der Waals surface area contributed by atoms with Crippen LogP contribution in [-0.2, 0) is 0 Å². The van der Waals surface area contributed by atoms with Gasteiger partial charge in [-0.3, -0.25) is 0 Å². The molecule has 0 radical (unpaired) electrons. The lowest BCUT2D eigenvalue weighted by molar-refractivity contribution is 0.584. The van der Waals surface area contributed by atoms with Gasteiger partial charge in [-0.1, -0.05) is 0 Å². The van der Waals surface area contributed by atoms with Crippen LogP contribution in [0.4, 0.5) is 22.7 Å². The van der Waals surface area contributed by atoms with E-state index in [1.165, 1.54) is 0 Å². The molecule has 0 spiro atoms. The van der Waals surface area contributed by atoms with Crippen LogP contribution in [0.2, 0.25) is 0 Å². The van der Waals surface area contributed by atoms with E-state index in [2.05, 4.69) is 10.2 Å². The maximum Gasteiger partial charge on any atom is 0.248 e. The van der Waals surface area contributed by atoms with Gasteiger partial charge >= 0.3 is 0 Å². The van der Waals surface area contributed by atoms with Crippen LogP contribution >= 0.6 is 0 Å². The van der Waals surface area contributed by atoms with E-state index in [4.69, 9.17) is 27.4 Å². The number of benzene rings is 2. The molecule has 1 heterocycles. The Bertz CT molecular complexity index is 745. The molecule has 0 amide bonds. The highest BCUT2D eigenvalue weighted by molar-refractivity contribution is 5.73. The molecule has 21 heavy (non-hydrogen) atoms. The second-order valence-corrected chi connectivity index (χ2v) is 4.60. The second kappa shape index (κ2) is 4.71. The van der Waals surface area contributed by atoms with Crippen molar-refractivity contribution in [1.29, 1.82) is 0 Å². The Morgan fingerprint density at radius 1 is 0.619 bits per heavy atom. The lowest BCUT2D eigenvalue weighted by Crippen LogP contribution is -1.94. The molecule has 3 rings (SSSR count). The first-order valence-corrected chi connectivity index (χ1v) is 6.19. The summed E-state index contributed by atoms with van der Waals surface area (Å²) < 4.78 is 5.63. The van der Waals surface area contributed by atoms with Gasteiger partial charge in [0.05, 0.1) is 22.7 Å². The maximum atomic E-state index is 5.77. The zero-order valence-electron chi connectivity index (χ0n) is 11.1. The number of aromatic nitrogens is 2. The SMILES string of the molecule is Nc1ccc(-c2nnc(-c3ccc(N)c(N)c3)o2)cc1N. The van der Waals surface area contributed by atoms with E-state index < -0.39 is 0 Å². The van der Waals surface area contributed by atoms with Crippen molar-refractivity contribution in [2.24, 2.45) is 0 Å². The minimum atomic E-state index is 0.354. The molecule has 0 saturated heterocycles. The van der Waals surface area contributed by atoms with Gasteiger partial charge in [0.25, 0.3) is 0 Å². The van der Waals surface area contributed by atoms with Gasteiger partial charge in [-0.25, -0.2) is 0 Å². The van der Waals surface area contributed by atoms with Crippen LogP contribution in [0.15, 0.2) is 40.8 Å². The summed E-state index contributed by atoms with van der Waals surface area (Å²) >= 11 is 0. The monoisotopic (exact) mass is 282 g/mol. The molecule has 0 bridgehead atoms. The number of hydrogen-bond donors (Lipinski definition) is 4. The first kappa shape index (κ1) is 12.8. The third-order valence-corrected chi connectivity index (χ3v) is 3.09. The molecule has 7 nitrogen and oxygen atoms in total.